The van der Waals surface area contributed by atoms with Crippen LogP contribution >= 0.6 is 15.9 Å². The normalized spacial score (nSPS) is 11.7. The van der Waals surface area contributed by atoms with Gasteiger partial charge in [0.1, 0.15) is 0 Å². The molecule has 1 rings (SSSR count). The van der Waals surface area contributed by atoms with Gasteiger partial charge >= 0.3 is 0 Å². The highest BCUT2D eigenvalue weighted by Gasteiger charge is 2.23. The number of halogens is 1. The molecule has 21 heavy (non-hydrogen) atoms. The molecule has 0 aliphatic rings. The molecular formula is C14H20BrNO5. The molecule has 1 atom stereocenters. The van der Waals surface area contributed by atoms with E-state index < -0.39 is 0 Å². The maximum Gasteiger partial charge on any atom is 0.253 e. The maximum absolute atomic E-state index is 12.3. The summed E-state index contributed by atoms with van der Waals surface area (Å²) in [5.41, 5.74) is 0.344. The summed E-state index contributed by atoms with van der Waals surface area (Å²) in [5.74, 6) is 0.832. The van der Waals surface area contributed by atoms with Crippen molar-refractivity contribution in [2.75, 3.05) is 27.9 Å². The lowest BCUT2D eigenvalue weighted by Gasteiger charge is -2.18. The minimum Gasteiger partial charge on any atom is -0.493 e. The predicted octanol–water partition coefficient (Wildman–Crippen LogP) is 1.98. The molecule has 118 valence electrons. The molecule has 0 saturated heterocycles. The smallest absolute Gasteiger partial charge is 0.253 e. The predicted molar refractivity (Wildman–Crippen MR) is 82.4 cm³/mol. The zero-order chi connectivity index (χ0) is 16.0. The van der Waals surface area contributed by atoms with E-state index in [1.807, 2.05) is 6.92 Å². The summed E-state index contributed by atoms with van der Waals surface area (Å²) in [6.45, 7) is 1.76. The van der Waals surface area contributed by atoms with Gasteiger partial charge in [0.15, 0.2) is 11.5 Å². The number of rotatable bonds is 7. The minimum atomic E-state index is -0.331. The number of aliphatic hydroxyl groups excluding tert-OH is 1. The third kappa shape index (κ3) is 3.79. The number of carbonyl (C=O) groups is 1. The Morgan fingerprint density at radius 1 is 1.29 bits per heavy atom. The lowest BCUT2D eigenvalue weighted by molar-refractivity contribution is 0.0913. The highest BCUT2D eigenvalue weighted by atomic mass is 79.9. The third-order valence-corrected chi connectivity index (χ3v) is 3.85. The van der Waals surface area contributed by atoms with Crippen LogP contribution in [-0.4, -0.2) is 45.0 Å². The van der Waals surface area contributed by atoms with Crippen LogP contribution < -0.4 is 19.5 Å². The van der Waals surface area contributed by atoms with Gasteiger partial charge in [-0.15, -0.1) is 0 Å². The molecule has 0 aromatic heterocycles. The van der Waals surface area contributed by atoms with E-state index in [9.17, 15) is 9.90 Å². The van der Waals surface area contributed by atoms with E-state index in [1.165, 1.54) is 21.3 Å². The molecule has 0 saturated carbocycles. The fourth-order valence-electron chi connectivity index (χ4n) is 1.83. The van der Waals surface area contributed by atoms with E-state index in [4.69, 9.17) is 14.2 Å². The first-order chi connectivity index (χ1) is 10.0. The van der Waals surface area contributed by atoms with Crippen molar-refractivity contribution in [3.05, 3.63) is 16.1 Å². The summed E-state index contributed by atoms with van der Waals surface area (Å²) in [7, 11) is 4.45. The van der Waals surface area contributed by atoms with Crippen molar-refractivity contribution in [3.63, 3.8) is 0 Å². The Balaban J connectivity index is 3.27. The zero-order valence-corrected chi connectivity index (χ0v) is 14.1. The molecule has 0 aliphatic heterocycles. The van der Waals surface area contributed by atoms with E-state index >= 15 is 0 Å². The Hall–Kier alpha value is -1.47. The van der Waals surface area contributed by atoms with Gasteiger partial charge in [0, 0.05) is 0 Å². The van der Waals surface area contributed by atoms with Crippen molar-refractivity contribution >= 4 is 21.8 Å². The molecular weight excluding hydrogens is 342 g/mol. The molecule has 0 fully saturated rings. The Kier molecular flexibility index (Phi) is 6.77. The van der Waals surface area contributed by atoms with Gasteiger partial charge in [0.05, 0.1) is 44.0 Å². The maximum atomic E-state index is 12.3. The Morgan fingerprint density at radius 2 is 1.90 bits per heavy atom. The number of methoxy groups -OCH3 is 3. The van der Waals surface area contributed by atoms with E-state index in [0.717, 1.165) is 0 Å². The summed E-state index contributed by atoms with van der Waals surface area (Å²) in [5, 5.41) is 11.9. The largest absolute Gasteiger partial charge is 0.493 e. The fraction of sp³-hybridized carbons (Fsp3) is 0.500. The number of benzene rings is 1. The fourth-order valence-corrected chi connectivity index (χ4v) is 2.46. The molecule has 2 N–H and O–H groups in total. The number of nitrogens with one attached hydrogen (secondary N) is 1. The van der Waals surface area contributed by atoms with Gasteiger partial charge in [-0.05, 0) is 28.4 Å². The second kappa shape index (κ2) is 8.09. The quantitative estimate of drug-likeness (QED) is 0.776. The average Bonchev–Trinajstić information content (AvgIpc) is 2.51. The van der Waals surface area contributed by atoms with Crippen LogP contribution in [0.5, 0.6) is 17.2 Å². The van der Waals surface area contributed by atoms with Gasteiger partial charge < -0.3 is 24.6 Å². The van der Waals surface area contributed by atoms with Crippen LogP contribution in [0.15, 0.2) is 10.5 Å². The first-order valence-electron chi connectivity index (χ1n) is 6.44. The van der Waals surface area contributed by atoms with Crippen LogP contribution in [0.3, 0.4) is 0 Å². The lowest BCUT2D eigenvalue weighted by Crippen LogP contribution is -2.37. The van der Waals surface area contributed by atoms with Gasteiger partial charge in [0.25, 0.3) is 5.91 Å². The molecule has 0 spiro atoms. The second-order valence-electron chi connectivity index (χ2n) is 4.27. The lowest BCUT2D eigenvalue weighted by atomic mass is 10.1. The Labute approximate surface area is 132 Å². The van der Waals surface area contributed by atoms with E-state index in [2.05, 4.69) is 21.2 Å². The Morgan fingerprint density at radius 3 is 2.33 bits per heavy atom. The van der Waals surface area contributed by atoms with Gasteiger partial charge in [-0.1, -0.05) is 6.92 Å². The summed E-state index contributed by atoms with van der Waals surface area (Å²) < 4.78 is 16.2. The summed E-state index contributed by atoms with van der Waals surface area (Å²) in [4.78, 5) is 12.3. The van der Waals surface area contributed by atoms with Crippen LogP contribution in [0.1, 0.15) is 23.7 Å². The third-order valence-electron chi connectivity index (χ3n) is 3.06. The van der Waals surface area contributed by atoms with Crippen molar-refractivity contribution in [3.8, 4) is 17.2 Å². The van der Waals surface area contributed by atoms with Crippen molar-refractivity contribution < 1.29 is 24.1 Å². The van der Waals surface area contributed by atoms with E-state index in [0.29, 0.717) is 33.7 Å². The molecule has 1 aromatic rings. The van der Waals surface area contributed by atoms with Crippen molar-refractivity contribution in [2.24, 2.45) is 0 Å². The number of carbonyl (C=O) groups excluding carboxylic acids is 1. The average molecular weight is 362 g/mol. The summed E-state index contributed by atoms with van der Waals surface area (Å²) in [6, 6.07) is 1.26. The molecule has 0 heterocycles. The van der Waals surface area contributed by atoms with Gasteiger partial charge in [-0.25, -0.2) is 0 Å². The molecule has 1 aromatic carbocycles. The summed E-state index contributed by atoms with van der Waals surface area (Å²) in [6.07, 6.45) is 0.629. The zero-order valence-electron chi connectivity index (χ0n) is 12.5. The molecule has 0 bridgehead atoms. The van der Waals surface area contributed by atoms with Crippen LogP contribution in [0.2, 0.25) is 0 Å². The van der Waals surface area contributed by atoms with E-state index in [-0.39, 0.29) is 18.6 Å². The SMILES string of the molecule is CCC(CO)NC(=O)c1cc(OC)c(OC)c(OC)c1Br. The number of hydrogen-bond donors (Lipinski definition) is 2. The molecule has 0 aliphatic carbocycles. The highest BCUT2D eigenvalue weighted by molar-refractivity contribution is 9.10. The monoisotopic (exact) mass is 361 g/mol. The van der Waals surface area contributed by atoms with Crippen LogP contribution in [0.25, 0.3) is 0 Å². The second-order valence-corrected chi connectivity index (χ2v) is 5.06. The summed E-state index contributed by atoms with van der Waals surface area (Å²) >= 11 is 3.35. The van der Waals surface area contributed by atoms with Crippen molar-refractivity contribution in [1.29, 1.82) is 0 Å². The molecule has 7 heteroatoms. The van der Waals surface area contributed by atoms with Crippen molar-refractivity contribution in [1.82, 2.24) is 5.32 Å². The highest BCUT2D eigenvalue weighted by Crippen LogP contribution is 2.44. The minimum absolute atomic E-state index is 0.121. The number of hydrogen-bond acceptors (Lipinski definition) is 5. The standard InChI is InChI=1S/C14H20BrNO5/c1-5-8(7-17)16-14(18)9-6-10(19-2)12(20-3)13(21-4)11(9)15/h6,8,17H,5,7H2,1-4H3,(H,16,18). The van der Waals surface area contributed by atoms with Crippen LogP contribution in [0, 0.1) is 0 Å². The first kappa shape index (κ1) is 17.6. The number of aliphatic hydroxyl groups is 1. The van der Waals surface area contributed by atoms with Gasteiger partial charge in [-0.2, -0.15) is 0 Å². The molecule has 0 radical (unpaired) electrons. The molecule has 1 unspecified atom stereocenters. The van der Waals surface area contributed by atoms with Crippen molar-refractivity contribution in [2.45, 2.75) is 19.4 Å². The van der Waals surface area contributed by atoms with Crippen LogP contribution in [0.4, 0.5) is 0 Å². The Bertz CT molecular complexity index is 503. The van der Waals surface area contributed by atoms with Gasteiger partial charge in [-0.3, -0.25) is 4.79 Å². The van der Waals surface area contributed by atoms with Gasteiger partial charge in [0.2, 0.25) is 5.75 Å². The molecule has 1 amide bonds. The number of ether oxygens (including phenoxy) is 3. The number of amides is 1. The van der Waals surface area contributed by atoms with E-state index in [1.54, 1.807) is 6.07 Å². The van der Waals surface area contributed by atoms with Crippen LogP contribution in [-0.2, 0) is 0 Å². The molecule has 6 nitrogen and oxygen atoms in total. The first-order valence-corrected chi connectivity index (χ1v) is 7.23. The topological polar surface area (TPSA) is 77.0 Å².